The number of aliphatic hydroxyl groups is 2. The molecule has 0 spiro atoms. The highest BCUT2D eigenvalue weighted by atomic mass is 16.5. The molecule has 2 N–H and O–H groups in total. The maximum absolute atomic E-state index is 12.5. The van der Waals surface area contributed by atoms with E-state index in [0.717, 1.165) is 77.2 Å². The van der Waals surface area contributed by atoms with Gasteiger partial charge in [-0.05, 0) is 117 Å². The summed E-state index contributed by atoms with van der Waals surface area (Å²) >= 11 is 0. The van der Waals surface area contributed by atoms with Crippen molar-refractivity contribution in [1.82, 2.24) is 4.90 Å². The fourth-order valence-electron chi connectivity index (χ4n) is 5.16. The highest BCUT2D eigenvalue weighted by Gasteiger charge is 2.14. The number of hydrogen-bond donors (Lipinski definition) is 2. The topological polar surface area (TPSA) is 70.0 Å². The second-order valence-electron chi connectivity index (χ2n) is 12.5. The van der Waals surface area contributed by atoms with Gasteiger partial charge < -0.3 is 19.8 Å². The Bertz CT molecular complexity index is 667. The van der Waals surface area contributed by atoms with E-state index in [1.54, 1.807) is 0 Å². The number of allylic oxidation sites excluding steroid dienone is 8. The third-order valence-electron chi connectivity index (χ3n) is 7.85. The van der Waals surface area contributed by atoms with Gasteiger partial charge in [0.1, 0.15) is 6.10 Å². The van der Waals surface area contributed by atoms with Gasteiger partial charge in [-0.15, -0.1) is 0 Å². The number of rotatable bonds is 33. The largest absolute Gasteiger partial charge is 0.462 e. The van der Waals surface area contributed by atoms with Crippen LogP contribution in [0.2, 0.25) is 0 Å². The van der Waals surface area contributed by atoms with Crippen molar-refractivity contribution in [2.75, 3.05) is 33.9 Å². The minimum absolute atomic E-state index is 0.0146. The zero-order chi connectivity index (χ0) is 32.2. The maximum Gasteiger partial charge on any atom is 0.306 e. The lowest BCUT2D eigenvalue weighted by atomic mass is 10.0. The van der Waals surface area contributed by atoms with Gasteiger partial charge in [-0.2, -0.15) is 0 Å². The molecule has 0 radical (unpaired) electrons. The fraction of sp³-hybridized carbons (Fsp3) is 0.769. The average Bonchev–Trinajstić information content (AvgIpc) is 3.00. The Morgan fingerprint density at radius 1 is 0.545 bits per heavy atom. The lowest BCUT2D eigenvalue weighted by molar-refractivity contribution is -0.150. The second-order valence-corrected chi connectivity index (χ2v) is 12.5. The summed E-state index contributed by atoms with van der Waals surface area (Å²) < 4.78 is 5.97. The van der Waals surface area contributed by atoms with Crippen LogP contribution in [0.1, 0.15) is 154 Å². The molecule has 0 saturated carbocycles. The summed E-state index contributed by atoms with van der Waals surface area (Å²) in [4.78, 5) is 14.6. The second kappa shape index (κ2) is 35.8. The van der Waals surface area contributed by atoms with E-state index in [0.29, 0.717) is 6.42 Å². The average molecular weight is 618 g/mol. The number of esters is 1. The molecule has 0 rings (SSSR count). The number of nitrogens with zero attached hydrogens (tertiary/aromatic N) is 1. The molecule has 0 fully saturated rings. The number of carbonyl (C=O) groups is 1. The van der Waals surface area contributed by atoms with Crippen LogP contribution in [-0.2, 0) is 9.53 Å². The number of carbonyl (C=O) groups excluding carboxylic acids is 1. The molecule has 0 aromatic carbocycles. The molecular weight excluding hydrogens is 546 g/mol. The van der Waals surface area contributed by atoms with E-state index in [9.17, 15) is 4.79 Å². The summed E-state index contributed by atoms with van der Waals surface area (Å²) in [5.74, 6) is -0.0146. The van der Waals surface area contributed by atoms with Crippen molar-refractivity contribution >= 4 is 5.97 Å². The van der Waals surface area contributed by atoms with Crippen LogP contribution in [0.3, 0.4) is 0 Å². The molecule has 0 aromatic rings. The molecule has 0 aliphatic heterocycles. The summed E-state index contributed by atoms with van der Waals surface area (Å²) in [7, 11) is 4.09. The highest BCUT2D eigenvalue weighted by Crippen LogP contribution is 2.18. The van der Waals surface area contributed by atoms with Gasteiger partial charge in [0.25, 0.3) is 0 Å². The van der Waals surface area contributed by atoms with Crippen molar-refractivity contribution in [3.63, 3.8) is 0 Å². The first-order valence-corrected chi connectivity index (χ1v) is 18.3. The van der Waals surface area contributed by atoms with Gasteiger partial charge in [0, 0.05) is 19.6 Å². The summed E-state index contributed by atoms with van der Waals surface area (Å²) in [5.41, 5.74) is 0. The van der Waals surface area contributed by atoms with Crippen molar-refractivity contribution in [2.24, 2.45) is 0 Å². The Labute approximate surface area is 272 Å². The highest BCUT2D eigenvalue weighted by molar-refractivity contribution is 5.69. The van der Waals surface area contributed by atoms with Gasteiger partial charge in [-0.25, -0.2) is 0 Å². The minimum atomic E-state index is -0.0146. The molecule has 0 amide bonds. The van der Waals surface area contributed by atoms with Crippen molar-refractivity contribution in [3.05, 3.63) is 48.6 Å². The van der Waals surface area contributed by atoms with E-state index >= 15 is 0 Å². The molecule has 5 nitrogen and oxygen atoms in total. The van der Waals surface area contributed by atoms with Crippen LogP contribution in [0.25, 0.3) is 0 Å². The van der Waals surface area contributed by atoms with E-state index in [-0.39, 0.29) is 25.3 Å². The molecule has 0 heterocycles. The van der Waals surface area contributed by atoms with Crippen molar-refractivity contribution in [1.29, 1.82) is 0 Å². The van der Waals surface area contributed by atoms with E-state index in [1.165, 1.54) is 77.0 Å². The van der Waals surface area contributed by atoms with Crippen LogP contribution in [0.4, 0.5) is 0 Å². The molecule has 0 aliphatic rings. The molecule has 256 valence electrons. The van der Waals surface area contributed by atoms with Crippen molar-refractivity contribution < 1.29 is 19.7 Å². The summed E-state index contributed by atoms with van der Waals surface area (Å²) in [6.07, 6.45) is 44.3. The van der Waals surface area contributed by atoms with Crippen LogP contribution in [0.5, 0.6) is 0 Å². The smallest absolute Gasteiger partial charge is 0.306 e. The number of hydrogen-bond acceptors (Lipinski definition) is 5. The van der Waals surface area contributed by atoms with Crippen LogP contribution in [0, 0.1) is 0 Å². The van der Waals surface area contributed by atoms with Crippen molar-refractivity contribution in [3.8, 4) is 0 Å². The van der Waals surface area contributed by atoms with Gasteiger partial charge in [0.15, 0.2) is 0 Å². The van der Waals surface area contributed by atoms with E-state index in [1.807, 2.05) is 14.1 Å². The molecule has 0 unspecified atom stereocenters. The Balaban J connectivity index is 4.03. The fourth-order valence-corrected chi connectivity index (χ4v) is 5.16. The Morgan fingerprint density at radius 3 is 1.34 bits per heavy atom. The SMILES string of the molecule is CN(C)CCCC(=O)OC(CCCCCCCC/C=C\C/C=C\CCCO)CCCCCCCC/C=C\C/C=C\CCCO. The standard InChI is InChI=1S/C39H71NO4/c1-40(2)35-31-34-39(43)44-38(32-27-23-19-15-11-7-3-5-9-13-17-21-25-29-36-41)33-28-24-20-16-12-8-4-6-10-14-18-22-26-30-37-42/h5-6,9-10,17-18,21-22,38,41-42H,3-4,7-8,11-16,19-20,23-37H2,1-2H3/b9-5-,10-6-,21-17-,22-18-. The van der Waals surface area contributed by atoms with Gasteiger partial charge >= 0.3 is 5.97 Å². The minimum Gasteiger partial charge on any atom is -0.462 e. The molecule has 0 bridgehead atoms. The molecule has 0 aromatic heterocycles. The zero-order valence-corrected chi connectivity index (χ0v) is 28.9. The molecule has 0 aliphatic carbocycles. The Kier molecular flexibility index (Phi) is 34.4. The van der Waals surface area contributed by atoms with Gasteiger partial charge in [0.05, 0.1) is 0 Å². The summed E-state index contributed by atoms with van der Waals surface area (Å²) in [5, 5.41) is 17.6. The normalized spacial score (nSPS) is 12.4. The first-order valence-electron chi connectivity index (χ1n) is 18.3. The van der Waals surface area contributed by atoms with Crippen LogP contribution >= 0.6 is 0 Å². The van der Waals surface area contributed by atoms with Crippen LogP contribution in [0.15, 0.2) is 48.6 Å². The maximum atomic E-state index is 12.5. The quantitative estimate of drug-likeness (QED) is 0.0436. The monoisotopic (exact) mass is 618 g/mol. The number of aliphatic hydroxyl groups excluding tert-OH is 2. The van der Waals surface area contributed by atoms with E-state index in [4.69, 9.17) is 14.9 Å². The molecule has 0 atom stereocenters. The number of ether oxygens (including phenoxy) is 1. The lowest BCUT2D eigenvalue weighted by Gasteiger charge is -2.18. The third-order valence-corrected chi connectivity index (χ3v) is 7.85. The van der Waals surface area contributed by atoms with Gasteiger partial charge in [0.2, 0.25) is 0 Å². The summed E-state index contributed by atoms with van der Waals surface area (Å²) in [6.45, 7) is 1.48. The molecule has 5 heteroatoms. The van der Waals surface area contributed by atoms with Crippen LogP contribution < -0.4 is 0 Å². The van der Waals surface area contributed by atoms with E-state index < -0.39 is 0 Å². The van der Waals surface area contributed by atoms with E-state index in [2.05, 4.69) is 53.5 Å². The Hall–Kier alpha value is -1.69. The molecule has 0 saturated heterocycles. The number of unbranched alkanes of at least 4 members (excludes halogenated alkanes) is 14. The Morgan fingerprint density at radius 2 is 0.932 bits per heavy atom. The van der Waals surface area contributed by atoms with Crippen molar-refractivity contribution in [2.45, 2.75) is 160 Å². The molecule has 44 heavy (non-hydrogen) atoms. The predicted octanol–water partition coefficient (Wildman–Crippen LogP) is 10.0. The first-order chi connectivity index (χ1) is 21.6. The summed E-state index contributed by atoms with van der Waals surface area (Å²) in [6, 6.07) is 0. The molecular formula is C39H71NO4. The predicted molar refractivity (Wildman–Crippen MR) is 190 cm³/mol. The zero-order valence-electron chi connectivity index (χ0n) is 28.9. The van der Waals surface area contributed by atoms with Crippen LogP contribution in [-0.4, -0.2) is 61.0 Å². The first kappa shape index (κ1) is 42.3. The lowest BCUT2D eigenvalue weighted by Crippen LogP contribution is -2.20. The third kappa shape index (κ3) is 34.8. The van der Waals surface area contributed by atoms with Gasteiger partial charge in [-0.3, -0.25) is 4.79 Å². The van der Waals surface area contributed by atoms with Gasteiger partial charge in [-0.1, -0.05) is 100.0 Å².